The summed E-state index contributed by atoms with van der Waals surface area (Å²) in [5, 5.41) is 0. The van der Waals surface area contributed by atoms with Crippen molar-refractivity contribution in [2.45, 2.75) is 31.8 Å². The van der Waals surface area contributed by atoms with Gasteiger partial charge in [0.1, 0.15) is 5.82 Å². The van der Waals surface area contributed by atoms with Crippen LogP contribution < -0.4 is 14.7 Å². The number of hydrogen-bond acceptors (Lipinski definition) is 9. The molecule has 0 spiro atoms. The predicted octanol–water partition coefficient (Wildman–Crippen LogP) is 5.50. The molecule has 0 aliphatic carbocycles. The number of hydrogen-bond donors (Lipinski definition) is 0. The minimum absolute atomic E-state index is 0.111. The van der Waals surface area contributed by atoms with Crippen molar-refractivity contribution in [3.8, 4) is 11.4 Å². The lowest BCUT2D eigenvalue weighted by Crippen LogP contribution is -2.36. The van der Waals surface area contributed by atoms with Gasteiger partial charge in [-0.25, -0.2) is 4.98 Å². The number of halogens is 3. The molecule has 39 heavy (non-hydrogen) atoms. The topological polar surface area (TPSA) is 70.5 Å². The van der Waals surface area contributed by atoms with Gasteiger partial charge in [0.05, 0.1) is 12.2 Å². The maximum Gasteiger partial charge on any atom is 0.419 e. The van der Waals surface area contributed by atoms with E-state index in [1.165, 1.54) is 17.2 Å². The molecule has 0 bridgehead atoms. The molecule has 3 rings (SSSR count). The molecule has 212 valence electrons. The molecule has 0 radical (unpaired) electrons. The van der Waals surface area contributed by atoms with Crippen LogP contribution >= 0.6 is 11.8 Å². The maximum atomic E-state index is 13.5. The van der Waals surface area contributed by atoms with E-state index >= 15 is 0 Å². The molecule has 3 aromatic rings. The van der Waals surface area contributed by atoms with E-state index in [1.54, 1.807) is 18.8 Å². The number of likely N-dealkylation sites (N-methyl/N-ethyl adjacent to an activating group) is 3. The fourth-order valence-electron chi connectivity index (χ4n) is 3.95. The highest BCUT2D eigenvalue weighted by molar-refractivity contribution is 7.98. The zero-order valence-electron chi connectivity index (χ0n) is 23.1. The normalized spacial score (nSPS) is 11.5. The van der Waals surface area contributed by atoms with Gasteiger partial charge >= 0.3 is 6.18 Å². The van der Waals surface area contributed by atoms with Crippen LogP contribution in [0.15, 0.2) is 47.5 Å². The van der Waals surface area contributed by atoms with Crippen LogP contribution in [0.3, 0.4) is 0 Å². The highest BCUT2D eigenvalue weighted by atomic mass is 32.2. The van der Waals surface area contributed by atoms with Gasteiger partial charge in [-0.15, -0.1) is 11.8 Å². The van der Waals surface area contributed by atoms with Crippen molar-refractivity contribution >= 4 is 29.5 Å². The predicted molar refractivity (Wildman–Crippen MR) is 152 cm³/mol. The second-order valence-electron chi connectivity index (χ2n) is 8.64. The van der Waals surface area contributed by atoms with Crippen molar-refractivity contribution in [2.24, 2.45) is 0 Å². The fraction of sp³-hybridized carbons (Fsp3) is 0.481. The van der Waals surface area contributed by atoms with Gasteiger partial charge in [0.2, 0.25) is 11.9 Å². The first-order valence-electron chi connectivity index (χ1n) is 12.9. The van der Waals surface area contributed by atoms with Crippen LogP contribution in [-0.2, 0) is 10.9 Å². The van der Waals surface area contributed by atoms with Gasteiger partial charge in [-0.1, -0.05) is 12.1 Å². The number of thioether (sulfide) groups is 1. The molecule has 12 heteroatoms. The molecule has 2 aromatic heterocycles. The minimum atomic E-state index is -4.49. The average molecular weight is 564 g/mol. The molecule has 0 atom stereocenters. The van der Waals surface area contributed by atoms with E-state index in [9.17, 15) is 13.2 Å². The van der Waals surface area contributed by atoms with Crippen molar-refractivity contribution < 1.29 is 17.9 Å². The number of rotatable bonds is 14. The molecule has 1 aromatic carbocycles. The van der Waals surface area contributed by atoms with Gasteiger partial charge in [-0.2, -0.15) is 28.1 Å². The number of nitrogens with zero attached hydrogens (tertiary/aromatic N) is 7. The Bertz CT molecular complexity index is 1200. The molecule has 0 fully saturated rings. The van der Waals surface area contributed by atoms with Gasteiger partial charge < -0.3 is 19.4 Å². The van der Waals surface area contributed by atoms with Crippen molar-refractivity contribution in [3.63, 3.8) is 0 Å². The van der Waals surface area contributed by atoms with E-state index in [-0.39, 0.29) is 12.4 Å². The molecule has 0 saturated carbocycles. The molecular weight excluding hydrogens is 527 g/mol. The Hall–Kier alpha value is -3.12. The lowest BCUT2D eigenvalue weighted by atomic mass is 10.2. The third kappa shape index (κ3) is 8.18. The second kappa shape index (κ2) is 14.3. The van der Waals surface area contributed by atoms with E-state index < -0.39 is 11.7 Å². The number of alkyl halides is 3. The van der Waals surface area contributed by atoms with Gasteiger partial charge in [-0.05, 0) is 51.3 Å². The Morgan fingerprint density at radius 1 is 0.897 bits per heavy atom. The van der Waals surface area contributed by atoms with Crippen LogP contribution in [-0.4, -0.2) is 79.2 Å². The molecule has 0 saturated heterocycles. The highest BCUT2D eigenvalue weighted by Crippen LogP contribution is 2.34. The zero-order valence-corrected chi connectivity index (χ0v) is 23.9. The standard InChI is InChI=1S/C27H36F3N7OS/c1-6-36(16-15-35(4)24-22(27(28,29)30)13-10-14-31-24)25-32-23(20-11-9-12-21(19-20)39-5)33-26(34-25)37(7-2)17-18-38-8-3/h9-14,19H,6-8,15-18H2,1-5H3. The van der Waals surface area contributed by atoms with Crippen LogP contribution in [0, 0.1) is 0 Å². The Morgan fingerprint density at radius 2 is 1.59 bits per heavy atom. The summed E-state index contributed by atoms with van der Waals surface area (Å²) in [4.78, 5) is 24.9. The fourth-order valence-corrected chi connectivity index (χ4v) is 4.40. The quantitative estimate of drug-likeness (QED) is 0.187. The van der Waals surface area contributed by atoms with Crippen LogP contribution in [0.4, 0.5) is 30.9 Å². The Morgan fingerprint density at radius 3 is 2.21 bits per heavy atom. The van der Waals surface area contributed by atoms with Crippen molar-refractivity contribution in [1.82, 2.24) is 19.9 Å². The summed E-state index contributed by atoms with van der Waals surface area (Å²) in [5.41, 5.74) is 0.103. The first kappa shape index (κ1) is 30.4. The van der Waals surface area contributed by atoms with Crippen LogP contribution in [0.2, 0.25) is 0 Å². The van der Waals surface area contributed by atoms with Crippen molar-refractivity contribution in [3.05, 3.63) is 48.2 Å². The van der Waals surface area contributed by atoms with E-state index in [0.717, 1.165) is 16.5 Å². The SMILES string of the molecule is CCOCCN(CC)c1nc(-c2cccc(SC)c2)nc(N(CC)CCN(C)c2ncccc2C(F)(F)F)n1. The van der Waals surface area contributed by atoms with Crippen molar-refractivity contribution in [2.75, 3.05) is 73.9 Å². The average Bonchev–Trinajstić information content (AvgIpc) is 2.95. The third-order valence-corrected chi connectivity index (χ3v) is 6.86. The number of benzene rings is 1. The molecule has 0 aliphatic heterocycles. The second-order valence-corrected chi connectivity index (χ2v) is 9.52. The Labute approximate surface area is 232 Å². The number of ether oxygens (including phenoxy) is 1. The molecule has 8 nitrogen and oxygen atoms in total. The number of anilines is 3. The first-order valence-corrected chi connectivity index (χ1v) is 14.2. The largest absolute Gasteiger partial charge is 0.419 e. The monoisotopic (exact) mass is 563 g/mol. The summed E-state index contributed by atoms with van der Waals surface area (Å²) in [6.07, 6.45) is -1.11. The molecule has 0 unspecified atom stereocenters. The van der Waals surface area contributed by atoms with Gasteiger partial charge in [0.15, 0.2) is 5.82 Å². The Balaban J connectivity index is 1.94. The minimum Gasteiger partial charge on any atom is -0.380 e. The van der Waals surface area contributed by atoms with Gasteiger partial charge in [-0.3, -0.25) is 0 Å². The lowest BCUT2D eigenvalue weighted by Gasteiger charge is -2.28. The summed E-state index contributed by atoms with van der Waals surface area (Å²) in [5.74, 6) is 1.42. The summed E-state index contributed by atoms with van der Waals surface area (Å²) in [6, 6.07) is 10.3. The molecule has 0 amide bonds. The number of pyridine rings is 1. The molecule has 2 heterocycles. The zero-order chi connectivity index (χ0) is 28.4. The van der Waals surface area contributed by atoms with Crippen LogP contribution in [0.25, 0.3) is 11.4 Å². The maximum absolute atomic E-state index is 13.5. The van der Waals surface area contributed by atoms with E-state index in [4.69, 9.17) is 19.7 Å². The first-order chi connectivity index (χ1) is 18.7. The van der Waals surface area contributed by atoms with E-state index in [2.05, 4.69) is 4.98 Å². The van der Waals surface area contributed by atoms with Crippen LogP contribution in [0.1, 0.15) is 26.3 Å². The van der Waals surface area contributed by atoms with E-state index in [1.807, 2.05) is 61.1 Å². The Kier molecular flexibility index (Phi) is 11.2. The summed E-state index contributed by atoms with van der Waals surface area (Å²) < 4.78 is 46.2. The van der Waals surface area contributed by atoms with Crippen LogP contribution in [0.5, 0.6) is 0 Å². The molecule has 0 N–H and O–H groups in total. The molecular formula is C27H36F3N7OS. The highest BCUT2D eigenvalue weighted by Gasteiger charge is 2.35. The van der Waals surface area contributed by atoms with Gasteiger partial charge in [0.25, 0.3) is 0 Å². The van der Waals surface area contributed by atoms with Gasteiger partial charge in [0, 0.05) is 63.0 Å². The molecule has 0 aliphatic rings. The third-order valence-electron chi connectivity index (χ3n) is 6.14. The van der Waals surface area contributed by atoms with E-state index in [0.29, 0.717) is 57.1 Å². The summed E-state index contributed by atoms with van der Waals surface area (Å²) in [7, 11) is 1.61. The summed E-state index contributed by atoms with van der Waals surface area (Å²) >= 11 is 1.63. The smallest absolute Gasteiger partial charge is 0.380 e. The summed E-state index contributed by atoms with van der Waals surface area (Å²) in [6.45, 7) is 9.63. The van der Waals surface area contributed by atoms with Crippen molar-refractivity contribution in [1.29, 1.82) is 0 Å². The lowest BCUT2D eigenvalue weighted by molar-refractivity contribution is -0.137. The number of aromatic nitrogens is 4.